The molecule has 0 bridgehead atoms. The average Bonchev–Trinajstić information content (AvgIpc) is 2.25. The molecule has 2 atom stereocenters. The van der Waals surface area contributed by atoms with Crippen LogP contribution in [0.15, 0.2) is 0 Å². The molecule has 0 aromatic rings. The molecule has 0 aliphatic carbocycles. The van der Waals surface area contributed by atoms with Gasteiger partial charge in [-0.15, -0.1) is 0 Å². The zero-order valence-corrected chi connectivity index (χ0v) is 14.1. The maximum atomic E-state index is 5.73. The van der Waals surface area contributed by atoms with E-state index in [0.29, 0.717) is 12.1 Å². The highest BCUT2D eigenvalue weighted by molar-refractivity contribution is 4.71. The fourth-order valence-corrected chi connectivity index (χ4v) is 2.79. The van der Waals surface area contributed by atoms with E-state index in [4.69, 9.17) is 5.73 Å². The normalized spacial score (nSPS) is 15.5. The zero-order chi connectivity index (χ0) is 14.8. The lowest BCUT2D eigenvalue weighted by Crippen LogP contribution is -2.43. The SMILES string of the molecule is CC(C)CC(C)NCCN(CCN)C(C)CC(C)C. The number of nitrogens with two attached hydrogens (primary N) is 1. The van der Waals surface area contributed by atoms with Crippen LogP contribution in [0, 0.1) is 11.8 Å². The third kappa shape index (κ3) is 10.3. The summed E-state index contributed by atoms with van der Waals surface area (Å²) in [6, 6.07) is 1.24. The largest absolute Gasteiger partial charge is 0.329 e. The molecule has 0 aliphatic rings. The van der Waals surface area contributed by atoms with Crippen molar-refractivity contribution in [3.63, 3.8) is 0 Å². The second-order valence-corrected chi connectivity index (χ2v) is 6.79. The van der Waals surface area contributed by atoms with Crippen molar-refractivity contribution in [3.8, 4) is 0 Å². The van der Waals surface area contributed by atoms with Crippen LogP contribution in [0.25, 0.3) is 0 Å². The van der Waals surface area contributed by atoms with E-state index in [1.165, 1.54) is 12.8 Å². The van der Waals surface area contributed by atoms with Gasteiger partial charge in [0.2, 0.25) is 0 Å². The topological polar surface area (TPSA) is 41.3 Å². The summed E-state index contributed by atoms with van der Waals surface area (Å²) >= 11 is 0. The zero-order valence-electron chi connectivity index (χ0n) is 14.1. The second kappa shape index (κ2) is 10.6. The Morgan fingerprint density at radius 3 is 1.95 bits per heavy atom. The van der Waals surface area contributed by atoms with E-state index < -0.39 is 0 Å². The quantitative estimate of drug-likeness (QED) is 0.607. The monoisotopic (exact) mass is 271 g/mol. The van der Waals surface area contributed by atoms with Crippen LogP contribution in [0.5, 0.6) is 0 Å². The van der Waals surface area contributed by atoms with Crippen molar-refractivity contribution in [2.75, 3.05) is 26.2 Å². The molecule has 0 saturated carbocycles. The Labute approximate surface area is 121 Å². The summed E-state index contributed by atoms with van der Waals surface area (Å²) in [6.45, 7) is 17.7. The van der Waals surface area contributed by atoms with Crippen LogP contribution >= 0.6 is 0 Å². The van der Waals surface area contributed by atoms with Gasteiger partial charge in [-0.2, -0.15) is 0 Å². The smallest absolute Gasteiger partial charge is 0.0110 e. The first-order valence-corrected chi connectivity index (χ1v) is 8.04. The first-order chi connectivity index (χ1) is 8.86. The molecule has 2 unspecified atom stereocenters. The summed E-state index contributed by atoms with van der Waals surface area (Å²) in [6.07, 6.45) is 2.50. The lowest BCUT2D eigenvalue weighted by Gasteiger charge is -2.30. The Bertz CT molecular complexity index is 204. The molecule has 116 valence electrons. The maximum Gasteiger partial charge on any atom is 0.0110 e. The highest BCUT2D eigenvalue weighted by atomic mass is 15.2. The lowest BCUT2D eigenvalue weighted by atomic mass is 10.0. The third-order valence-corrected chi connectivity index (χ3v) is 3.57. The van der Waals surface area contributed by atoms with Gasteiger partial charge >= 0.3 is 0 Å². The number of hydrogen-bond donors (Lipinski definition) is 2. The Morgan fingerprint density at radius 2 is 1.47 bits per heavy atom. The first-order valence-electron chi connectivity index (χ1n) is 8.04. The minimum absolute atomic E-state index is 0.611. The summed E-state index contributed by atoms with van der Waals surface area (Å²) < 4.78 is 0. The third-order valence-electron chi connectivity index (χ3n) is 3.57. The highest BCUT2D eigenvalue weighted by Gasteiger charge is 2.14. The van der Waals surface area contributed by atoms with Gasteiger partial charge in [-0.3, -0.25) is 4.90 Å². The van der Waals surface area contributed by atoms with Crippen molar-refractivity contribution in [1.29, 1.82) is 0 Å². The number of nitrogens with zero attached hydrogens (tertiary/aromatic N) is 1. The van der Waals surface area contributed by atoms with Crippen molar-refractivity contribution in [3.05, 3.63) is 0 Å². The summed E-state index contributed by atoms with van der Waals surface area (Å²) in [5, 5.41) is 3.63. The molecule has 0 rings (SSSR count). The van der Waals surface area contributed by atoms with Crippen LogP contribution in [0.3, 0.4) is 0 Å². The minimum atomic E-state index is 0.611. The van der Waals surface area contributed by atoms with Gasteiger partial charge in [-0.05, 0) is 38.5 Å². The van der Waals surface area contributed by atoms with Crippen molar-refractivity contribution in [2.24, 2.45) is 17.6 Å². The summed E-state index contributed by atoms with van der Waals surface area (Å²) in [7, 11) is 0. The van der Waals surface area contributed by atoms with Gasteiger partial charge in [-0.1, -0.05) is 27.7 Å². The summed E-state index contributed by atoms with van der Waals surface area (Å²) in [4.78, 5) is 2.52. The van der Waals surface area contributed by atoms with Gasteiger partial charge in [0.25, 0.3) is 0 Å². The number of nitrogens with one attached hydrogen (secondary N) is 1. The van der Waals surface area contributed by atoms with Crippen LogP contribution < -0.4 is 11.1 Å². The molecule has 0 saturated heterocycles. The average molecular weight is 271 g/mol. The van der Waals surface area contributed by atoms with Gasteiger partial charge in [0.1, 0.15) is 0 Å². The molecule has 0 aliphatic heterocycles. The molecule has 0 amide bonds. The number of hydrogen-bond acceptors (Lipinski definition) is 3. The van der Waals surface area contributed by atoms with Gasteiger partial charge in [-0.25, -0.2) is 0 Å². The second-order valence-electron chi connectivity index (χ2n) is 6.79. The Kier molecular flexibility index (Phi) is 10.6. The van der Waals surface area contributed by atoms with Crippen LogP contribution in [0.1, 0.15) is 54.4 Å². The van der Waals surface area contributed by atoms with Gasteiger partial charge in [0, 0.05) is 38.3 Å². The molecule has 0 aromatic heterocycles. The molecule has 0 radical (unpaired) electrons. The molecule has 19 heavy (non-hydrogen) atoms. The molecule has 3 heteroatoms. The van der Waals surface area contributed by atoms with E-state index in [1.807, 2.05) is 0 Å². The standard InChI is InChI=1S/C16H37N3/c1-13(2)11-15(5)18-8-10-19(9-7-17)16(6)12-14(3)4/h13-16,18H,7-12,17H2,1-6H3. The summed E-state index contributed by atoms with van der Waals surface area (Å²) in [5.74, 6) is 1.52. The van der Waals surface area contributed by atoms with E-state index in [2.05, 4.69) is 51.8 Å². The highest BCUT2D eigenvalue weighted by Crippen LogP contribution is 2.10. The lowest BCUT2D eigenvalue weighted by molar-refractivity contribution is 0.189. The minimum Gasteiger partial charge on any atom is -0.329 e. The predicted molar refractivity (Wildman–Crippen MR) is 86.5 cm³/mol. The van der Waals surface area contributed by atoms with Gasteiger partial charge in [0.15, 0.2) is 0 Å². The predicted octanol–water partition coefficient (Wildman–Crippen LogP) is 2.71. The van der Waals surface area contributed by atoms with Crippen molar-refractivity contribution >= 4 is 0 Å². The first kappa shape index (κ1) is 18.9. The Morgan fingerprint density at radius 1 is 0.895 bits per heavy atom. The van der Waals surface area contributed by atoms with E-state index >= 15 is 0 Å². The van der Waals surface area contributed by atoms with Crippen LogP contribution in [0.4, 0.5) is 0 Å². The Balaban J connectivity index is 4.00. The molecule has 0 fully saturated rings. The van der Waals surface area contributed by atoms with Crippen LogP contribution in [-0.4, -0.2) is 43.2 Å². The Hall–Kier alpha value is -0.120. The molecule has 0 heterocycles. The molecule has 0 spiro atoms. The molecule has 3 N–H and O–H groups in total. The molecule has 0 aromatic carbocycles. The molecular formula is C16H37N3. The van der Waals surface area contributed by atoms with Crippen molar-refractivity contribution in [1.82, 2.24) is 10.2 Å². The molecule has 3 nitrogen and oxygen atoms in total. The van der Waals surface area contributed by atoms with Crippen LogP contribution in [0.2, 0.25) is 0 Å². The van der Waals surface area contributed by atoms with E-state index in [1.54, 1.807) is 0 Å². The summed E-state index contributed by atoms with van der Waals surface area (Å²) in [5.41, 5.74) is 5.73. The van der Waals surface area contributed by atoms with Crippen molar-refractivity contribution < 1.29 is 0 Å². The van der Waals surface area contributed by atoms with E-state index in [0.717, 1.165) is 38.0 Å². The van der Waals surface area contributed by atoms with Crippen LogP contribution in [-0.2, 0) is 0 Å². The fourth-order valence-electron chi connectivity index (χ4n) is 2.79. The maximum absolute atomic E-state index is 5.73. The molecular weight excluding hydrogens is 234 g/mol. The van der Waals surface area contributed by atoms with E-state index in [-0.39, 0.29) is 0 Å². The van der Waals surface area contributed by atoms with Crippen molar-refractivity contribution in [2.45, 2.75) is 66.5 Å². The van der Waals surface area contributed by atoms with Gasteiger partial charge < -0.3 is 11.1 Å². The fraction of sp³-hybridized carbons (Fsp3) is 1.00. The van der Waals surface area contributed by atoms with Gasteiger partial charge in [0.05, 0.1) is 0 Å². The number of rotatable bonds is 11. The van der Waals surface area contributed by atoms with E-state index in [9.17, 15) is 0 Å².